The van der Waals surface area contributed by atoms with Gasteiger partial charge in [-0.1, -0.05) is 30.9 Å². The van der Waals surface area contributed by atoms with Crippen LogP contribution < -0.4 is 4.90 Å². The number of phenolic OH excluding ortho intramolecular Hbond substituents is 1. The summed E-state index contributed by atoms with van der Waals surface area (Å²) in [4.78, 5) is 28.7. The zero-order valence-electron chi connectivity index (χ0n) is 18.6. The van der Waals surface area contributed by atoms with E-state index in [1.807, 2.05) is 12.1 Å². The fourth-order valence-corrected chi connectivity index (χ4v) is 3.93. The summed E-state index contributed by atoms with van der Waals surface area (Å²) in [6, 6.07) is 17.9. The van der Waals surface area contributed by atoms with E-state index < -0.39 is 11.8 Å². The Hall–Kier alpha value is -4.13. The summed E-state index contributed by atoms with van der Waals surface area (Å²) in [5, 5.41) is 9.64. The summed E-state index contributed by atoms with van der Waals surface area (Å²) in [6.07, 6.45) is 1.52. The summed E-state index contributed by atoms with van der Waals surface area (Å²) in [6.45, 7) is 5.93. The maximum absolute atomic E-state index is 14.7. The van der Waals surface area contributed by atoms with Gasteiger partial charge in [0.1, 0.15) is 18.2 Å². The van der Waals surface area contributed by atoms with Gasteiger partial charge < -0.3 is 19.6 Å². The molecule has 0 atom stereocenters. The largest absolute Gasteiger partial charge is 0.508 e. The average molecular weight is 461 g/mol. The molecule has 1 amide bonds. The minimum atomic E-state index is -0.512. The molecular formula is C27H25FN2O4. The molecule has 0 saturated carbocycles. The molecule has 7 heteroatoms. The third kappa shape index (κ3) is 5.09. The molecule has 1 aliphatic heterocycles. The van der Waals surface area contributed by atoms with Gasteiger partial charge in [-0.3, -0.25) is 4.79 Å². The molecule has 4 rings (SSSR count). The smallest absolute Gasteiger partial charge is 0.338 e. The number of benzene rings is 3. The van der Waals surface area contributed by atoms with Crippen molar-refractivity contribution in [2.75, 3.05) is 37.7 Å². The topological polar surface area (TPSA) is 70.1 Å². The molecule has 0 unspecified atom stereocenters. The first-order valence-corrected chi connectivity index (χ1v) is 11.0. The molecule has 1 heterocycles. The zero-order chi connectivity index (χ0) is 24.1. The predicted octanol–water partition coefficient (Wildman–Crippen LogP) is 4.50. The molecule has 3 aromatic carbocycles. The van der Waals surface area contributed by atoms with Gasteiger partial charge in [0.05, 0.1) is 5.56 Å². The highest BCUT2D eigenvalue weighted by atomic mass is 19.1. The van der Waals surface area contributed by atoms with Crippen LogP contribution in [0.25, 0.3) is 11.1 Å². The van der Waals surface area contributed by atoms with E-state index in [9.17, 15) is 19.1 Å². The molecule has 1 N–H and O–H groups in total. The molecule has 0 bridgehead atoms. The lowest BCUT2D eigenvalue weighted by Gasteiger charge is -2.36. The molecule has 0 spiro atoms. The Labute approximate surface area is 197 Å². The van der Waals surface area contributed by atoms with Crippen molar-refractivity contribution in [2.24, 2.45) is 0 Å². The van der Waals surface area contributed by atoms with Crippen molar-refractivity contribution >= 4 is 17.6 Å². The van der Waals surface area contributed by atoms with Gasteiger partial charge in [0.25, 0.3) is 5.91 Å². The Balaban J connectivity index is 1.37. The van der Waals surface area contributed by atoms with E-state index in [1.54, 1.807) is 41.3 Å². The van der Waals surface area contributed by atoms with Gasteiger partial charge in [-0.25, -0.2) is 9.18 Å². The van der Waals surface area contributed by atoms with Crippen molar-refractivity contribution in [2.45, 2.75) is 0 Å². The number of esters is 1. The summed E-state index contributed by atoms with van der Waals surface area (Å²) >= 11 is 0. The lowest BCUT2D eigenvalue weighted by atomic mass is 10.0. The maximum atomic E-state index is 14.7. The Morgan fingerprint density at radius 3 is 2.32 bits per heavy atom. The average Bonchev–Trinajstić information content (AvgIpc) is 2.87. The van der Waals surface area contributed by atoms with Crippen molar-refractivity contribution in [3.8, 4) is 16.9 Å². The van der Waals surface area contributed by atoms with E-state index in [0.717, 1.165) is 5.69 Å². The molecule has 0 radical (unpaired) electrons. The molecule has 34 heavy (non-hydrogen) atoms. The molecule has 6 nitrogen and oxygen atoms in total. The number of hydrogen-bond donors (Lipinski definition) is 1. The van der Waals surface area contributed by atoms with Gasteiger partial charge in [0.2, 0.25) is 0 Å². The quantitative estimate of drug-likeness (QED) is 0.433. The number of anilines is 1. The van der Waals surface area contributed by atoms with Gasteiger partial charge in [0.15, 0.2) is 0 Å². The van der Waals surface area contributed by atoms with Gasteiger partial charge in [-0.2, -0.15) is 0 Å². The molecule has 1 aliphatic rings. The first-order chi connectivity index (χ1) is 16.5. The number of aromatic hydroxyl groups is 1. The molecule has 1 saturated heterocycles. The van der Waals surface area contributed by atoms with Gasteiger partial charge >= 0.3 is 5.97 Å². The SMILES string of the molecule is C=CCOC(=O)c1ccc(N2CCN(C(=O)c3ccc(-c4cccc(O)c4)c(F)c3)CC2)cc1. The number of hydrogen-bond acceptors (Lipinski definition) is 5. The lowest BCUT2D eigenvalue weighted by Crippen LogP contribution is -2.48. The molecule has 174 valence electrons. The van der Waals surface area contributed by atoms with Crippen molar-refractivity contribution < 1.29 is 23.8 Å². The van der Waals surface area contributed by atoms with Crippen LogP contribution in [0.1, 0.15) is 20.7 Å². The highest BCUT2D eigenvalue weighted by molar-refractivity contribution is 5.95. The number of nitrogens with zero attached hydrogens (tertiary/aromatic N) is 2. The fraction of sp³-hybridized carbons (Fsp3) is 0.185. The van der Waals surface area contributed by atoms with Crippen molar-refractivity contribution in [1.29, 1.82) is 0 Å². The third-order valence-corrected chi connectivity index (χ3v) is 5.74. The second kappa shape index (κ2) is 10.2. The van der Waals surface area contributed by atoms with E-state index in [4.69, 9.17) is 4.74 Å². The molecule has 1 fully saturated rings. The first-order valence-electron chi connectivity index (χ1n) is 11.0. The van der Waals surface area contributed by atoms with E-state index in [1.165, 1.54) is 24.3 Å². The summed E-state index contributed by atoms with van der Waals surface area (Å²) in [7, 11) is 0. The second-order valence-electron chi connectivity index (χ2n) is 7.96. The van der Waals surface area contributed by atoms with Crippen LogP contribution in [0, 0.1) is 5.82 Å². The highest BCUT2D eigenvalue weighted by Crippen LogP contribution is 2.27. The third-order valence-electron chi connectivity index (χ3n) is 5.74. The summed E-state index contributed by atoms with van der Waals surface area (Å²) in [5.74, 6) is -1.08. The minimum absolute atomic E-state index is 0.0530. The number of phenols is 1. The number of halogens is 1. The molecule has 0 aliphatic carbocycles. The van der Waals surface area contributed by atoms with Crippen LogP contribution in [0.15, 0.2) is 79.4 Å². The Bertz CT molecular complexity index is 1200. The van der Waals surface area contributed by atoms with Gasteiger partial charge in [0, 0.05) is 43.0 Å². The van der Waals surface area contributed by atoms with Crippen LogP contribution >= 0.6 is 0 Å². The van der Waals surface area contributed by atoms with Crippen LogP contribution in [-0.4, -0.2) is 54.7 Å². The van der Waals surface area contributed by atoms with Crippen molar-refractivity contribution in [3.63, 3.8) is 0 Å². The number of piperazine rings is 1. The number of carbonyl (C=O) groups is 2. The maximum Gasteiger partial charge on any atom is 0.338 e. The van der Waals surface area contributed by atoms with E-state index in [2.05, 4.69) is 11.5 Å². The van der Waals surface area contributed by atoms with Crippen LogP contribution in [0.4, 0.5) is 10.1 Å². The van der Waals surface area contributed by atoms with Crippen LogP contribution in [0.5, 0.6) is 5.75 Å². The number of ether oxygens (including phenoxy) is 1. The van der Waals surface area contributed by atoms with E-state index in [0.29, 0.717) is 42.9 Å². The van der Waals surface area contributed by atoms with Crippen molar-refractivity contribution in [1.82, 2.24) is 4.90 Å². The Kier molecular flexibility index (Phi) is 6.92. The normalized spacial score (nSPS) is 13.4. The monoisotopic (exact) mass is 460 g/mol. The Morgan fingerprint density at radius 1 is 0.971 bits per heavy atom. The van der Waals surface area contributed by atoms with Gasteiger partial charge in [-0.05, 0) is 54.1 Å². The summed E-state index contributed by atoms with van der Waals surface area (Å²) < 4.78 is 19.8. The minimum Gasteiger partial charge on any atom is -0.508 e. The fourth-order valence-electron chi connectivity index (χ4n) is 3.93. The molecular weight excluding hydrogens is 435 g/mol. The zero-order valence-corrected chi connectivity index (χ0v) is 18.6. The lowest BCUT2D eigenvalue weighted by molar-refractivity contribution is 0.0549. The number of rotatable bonds is 6. The number of amides is 1. The van der Waals surface area contributed by atoms with Crippen molar-refractivity contribution in [3.05, 3.63) is 96.3 Å². The van der Waals surface area contributed by atoms with Crippen LogP contribution in [0.3, 0.4) is 0 Å². The van der Waals surface area contributed by atoms with E-state index in [-0.39, 0.29) is 23.8 Å². The standard InChI is InChI=1S/C27H25FN2O4/c1-2-16-34-27(33)19-6-9-22(10-7-19)29-12-14-30(15-13-29)26(32)21-8-11-24(25(28)18-21)20-4-3-5-23(31)17-20/h2-11,17-18,31H,1,12-16H2. The van der Waals surface area contributed by atoms with E-state index >= 15 is 0 Å². The summed E-state index contributed by atoms with van der Waals surface area (Å²) in [5.41, 5.74) is 2.58. The predicted molar refractivity (Wildman–Crippen MR) is 129 cm³/mol. The second-order valence-corrected chi connectivity index (χ2v) is 7.96. The number of carbonyl (C=O) groups excluding carboxylic acids is 2. The highest BCUT2D eigenvalue weighted by Gasteiger charge is 2.23. The first kappa shape index (κ1) is 23.0. The van der Waals surface area contributed by atoms with Crippen LogP contribution in [0.2, 0.25) is 0 Å². The molecule has 0 aromatic heterocycles. The Morgan fingerprint density at radius 2 is 1.68 bits per heavy atom. The molecule has 3 aromatic rings. The van der Waals surface area contributed by atoms with Crippen LogP contribution in [-0.2, 0) is 4.74 Å². The van der Waals surface area contributed by atoms with Gasteiger partial charge in [-0.15, -0.1) is 0 Å².